The van der Waals surface area contributed by atoms with Crippen LogP contribution >= 0.6 is 0 Å². The normalized spacial score (nSPS) is 17.3. The fourth-order valence-corrected chi connectivity index (χ4v) is 2.46. The second kappa shape index (κ2) is 6.65. The van der Waals surface area contributed by atoms with Crippen LogP contribution < -0.4 is 5.32 Å². The van der Waals surface area contributed by atoms with Crippen molar-refractivity contribution in [3.05, 3.63) is 35.1 Å². The molecule has 3 nitrogen and oxygen atoms in total. The first-order chi connectivity index (χ1) is 9.19. The van der Waals surface area contributed by atoms with Gasteiger partial charge in [0, 0.05) is 12.1 Å². The molecule has 2 rings (SSSR count). The summed E-state index contributed by atoms with van der Waals surface area (Å²) in [5, 5.41) is 12.1. The highest BCUT2D eigenvalue weighted by atomic mass is 19.1. The monoisotopic (exact) mass is 261 g/mol. The average Bonchev–Trinajstić information content (AvgIpc) is 2.43. The first-order valence-electron chi connectivity index (χ1n) is 6.77. The summed E-state index contributed by atoms with van der Waals surface area (Å²) in [6.45, 7) is 3.70. The lowest BCUT2D eigenvalue weighted by Gasteiger charge is -2.29. The van der Waals surface area contributed by atoms with Crippen LogP contribution in [-0.4, -0.2) is 31.6 Å². The van der Waals surface area contributed by atoms with Crippen molar-refractivity contribution < 1.29 is 4.39 Å². The fraction of sp³-hybridized carbons (Fsp3) is 0.533. The summed E-state index contributed by atoms with van der Waals surface area (Å²) in [5.41, 5.74) is 1.09. The number of nitrogens with one attached hydrogen (secondary N) is 1. The largest absolute Gasteiger partial charge is 0.312 e. The molecule has 1 N–H and O–H groups in total. The number of piperidine rings is 1. The summed E-state index contributed by atoms with van der Waals surface area (Å²) < 4.78 is 13.6. The molecule has 1 saturated heterocycles. The molecule has 1 aromatic carbocycles. The van der Waals surface area contributed by atoms with Crippen molar-refractivity contribution in [2.24, 2.45) is 5.92 Å². The minimum absolute atomic E-state index is 0.241. The highest BCUT2D eigenvalue weighted by molar-refractivity contribution is 5.33. The Kier molecular flexibility index (Phi) is 4.89. The Labute approximate surface area is 114 Å². The van der Waals surface area contributed by atoms with E-state index >= 15 is 0 Å². The highest BCUT2D eigenvalue weighted by Crippen LogP contribution is 2.15. The predicted molar refractivity (Wildman–Crippen MR) is 73.0 cm³/mol. The summed E-state index contributed by atoms with van der Waals surface area (Å²) >= 11 is 0. The summed E-state index contributed by atoms with van der Waals surface area (Å²) in [7, 11) is 2.15. The van der Waals surface area contributed by atoms with E-state index in [4.69, 9.17) is 5.26 Å². The molecule has 0 amide bonds. The van der Waals surface area contributed by atoms with Crippen LogP contribution in [0.4, 0.5) is 4.39 Å². The molecule has 1 aromatic rings. The molecule has 102 valence electrons. The third kappa shape index (κ3) is 4.02. The standard InChI is InChI=1S/C15H20FN3/c1-19-6-4-12(5-7-19)10-18-11-14-8-13(9-17)2-3-15(14)16/h2-3,8,12,18H,4-7,10-11H2,1H3. The van der Waals surface area contributed by atoms with Gasteiger partial charge in [0.2, 0.25) is 0 Å². The molecule has 0 radical (unpaired) electrons. The van der Waals surface area contributed by atoms with Gasteiger partial charge in [0.05, 0.1) is 11.6 Å². The van der Waals surface area contributed by atoms with Crippen molar-refractivity contribution in [3.8, 4) is 6.07 Å². The maximum absolute atomic E-state index is 13.6. The molecular weight excluding hydrogens is 241 g/mol. The van der Waals surface area contributed by atoms with Gasteiger partial charge in [-0.3, -0.25) is 0 Å². The average molecular weight is 261 g/mol. The first kappa shape index (κ1) is 14.0. The van der Waals surface area contributed by atoms with Crippen molar-refractivity contribution in [3.63, 3.8) is 0 Å². The molecule has 0 bridgehead atoms. The highest BCUT2D eigenvalue weighted by Gasteiger charge is 2.16. The third-order valence-corrected chi connectivity index (χ3v) is 3.76. The van der Waals surface area contributed by atoms with E-state index in [1.165, 1.54) is 25.0 Å². The number of likely N-dealkylation sites (tertiary alicyclic amines) is 1. The van der Waals surface area contributed by atoms with E-state index in [1.807, 2.05) is 6.07 Å². The Morgan fingerprint density at radius 3 is 2.84 bits per heavy atom. The van der Waals surface area contributed by atoms with Gasteiger partial charge < -0.3 is 10.2 Å². The van der Waals surface area contributed by atoms with E-state index in [-0.39, 0.29) is 5.82 Å². The molecule has 1 fully saturated rings. The van der Waals surface area contributed by atoms with Gasteiger partial charge in [-0.25, -0.2) is 4.39 Å². The van der Waals surface area contributed by atoms with Gasteiger partial charge in [-0.15, -0.1) is 0 Å². The van der Waals surface area contributed by atoms with E-state index in [0.29, 0.717) is 23.6 Å². The lowest BCUT2D eigenvalue weighted by molar-refractivity contribution is 0.216. The van der Waals surface area contributed by atoms with Crippen molar-refractivity contribution in [2.45, 2.75) is 19.4 Å². The van der Waals surface area contributed by atoms with Gasteiger partial charge in [0.1, 0.15) is 5.82 Å². The number of nitrogens with zero attached hydrogens (tertiary/aromatic N) is 2. The van der Waals surface area contributed by atoms with Crippen LogP contribution in [0.25, 0.3) is 0 Å². The van der Waals surface area contributed by atoms with Gasteiger partial charge in [-0.05, 0) is 63.6 Å². The number of hydrogen-bond acceptors (Lipinski definition) is 3. The minimum atomic E-state index is -0.241. The Morgan fingerprint density at radius 2 is 2.16 bits per heavy atom. The number of rotatable bonds is 4. The van der Waals surface area contributed by atoms with Crippen molar-refractivity contribution >= 4 is 0 Å². The van der Waals surface area contributed by atoms with E-state index in [0.717, 1.165) is 19.6 Å². The molecule has 19 heavy (non-hydrogen) atoms. The summed E-state index contributed by atoms with van der Waals surface area (Å²) in [4.78, 5) is 2.34. The Bertz CT molecular complexity index is 459. The van der Waals surface area contributed by atoms with E-state index < -0.39 is 0 Å². The topological polar surface area (TPSA) is 39.1 Å². The van der Waals surface area contributed by atoms with E-state index in [2.05, 4.69) is 17.3 Å². The predicted octanol–water partition coefficient (Wildman–Crippen LogP) is 2.13. The van der Waals surface area contributed by atoms with Crippen LogP contribution in [0.1, 0.15) is 24.0 Å². The van der Waals surface area contributed by atoms with Gasteiger partial charge in [0.15, 0.2) is 0 Å². The first-order valence-corrected chi connectivity index (χ1v) is 6.77. The third-order valence-electron chi connectivity index (χ3n) is 3.76. The second-order valence-electron chi connectivity index (χ2n) is 5.30. The molecule has 1 heterocycles. The molecular formula is C15H20FN3. The molecule has 0 unspecified atom stereocenters. The zero-order valence-electron chi connectivity index (χ0n) is 11.3. The molecule has 0 aliphatic carbocycles. The molecule has 0 spiro atoms. The van der Waals surface area contributed by atoms with Crippen molar-refractivity contribution in [1.29, 1.82) is 5.26 Å². The van der Waals surface area contributed by atoms with Crippen LogP contribution in [0.2, 0.25) is 0 Å². The Hall–Kier alpha value is -1.44. The number of benzene rings is 1. The lowest BCUT2D eigenvalue weighted by Crippen LogP contribution is -2.34. The Balaban J connectivity index is 1.81. The summed E-state index contributed by atoms with van der Waals surface area (Å²) in [6.07, 6.45) is 2.40. The SMILES string of the molecule is CN1CCC(CNCc2cc(C#N)ccc2F)CC1. The van der Waals surface area contributed by atoms with Gasteiger partial charge in [-0.1, -0.05) is 0 Å². The van der Waals surface area contributed by atoms with Gasteiger partial charge >= 0.3 is 0 Å². The summed E-state index contributed by atoms with van der Waals surface area (Å²) in [5.74, 6) is 0.438. The van der Waals surface area contributed by atoms with Crippen LogP contribution in [0, 0.1) is 23.1 Å². The van der Waals surface area contributed by atoms with Gasteiger partial charge in [-0.2, -0.15) is 5.26 Å². The maximum Gasteiger partial charge on any atom is 0.127 e. The Morgan fingerprint density at radius 1 is 1.42 bits per heavy atom. The number of halogens is 1. The zero-order valence-corrected chi connectivity index (χ0v) is 11.3. The lowest BCUT2D eigenvalue weighted by atomic mass is 9.97. The molecule has 0 atom stereocenters. The quantitative estimate of drug-likeness (QED) is 0.902. The molecule has 0 saturated carbocycles. The van der Waals surface area contributed by atoms with Crippen LogP contribution in [0.3, 0.4) is 0 Å². The molecule has 1 aliphatic rings. The zero-order chi connectivity index (χ0) is 13.7. The smallest absolute Gasteiger partial charge is 0.127 e. The van der Waals surface area contributed by atoms with Crippen LogP contribution in [0.15, 0.2) is 18.2 Å². The minimum Gasteiger partial charge on any atom is -0.312 e. The molecule has 0 aromatic heterocycles. The van der Waals surface area contributed by atoms with Crippen molar-refractivity contribution in [2.75, 3.05) is 26.7 Å². The van der Waals surface area contributed by atoms with Crippen LogP contribution in [0.5, 0.6) is 0 Å². The van der Waals surface area contributed by atoms with Crippen molar-refractivity contribution in [1.82, 2.24) is 10.2 Å². The van der Waals surface area contributed by atoms with Gasteiger partial charge in [0.25, 0.3) is 0 Å². The number of hydrogen-bond donors (Lipinski definition) is 1. The van der Waals surface area contributed by atoms with E-state index in [1.54, 1.807) is 6.07 Å². The second-order valence-corrected chi connectivity index (χ2v) is 5.30. The van der Waals surface area contributed by atoms with Crippen LogP contribution in [-0.2, 0) is 6.54 Å². The maximum atomic E-state index is 13.6. The number of nitriles is 1. The molecule has 4 heteroatoms. The summed E-state index contributed by atoms with van der Waals surface area (Å²) in [6, 6.07) is 6.54. The van der Waals surface area contributed by atoms with E-state index in [9.17, 15) is 4.39 Å². The fourth-order valence-electron chi connectivity index (χ4n) is 2.46. The molecule has 1 aliphatic heterocycles.